The fraction of sp³-hybridized carbons (Fsp3) is 0.194. The molecule has 0 saturated carbocycles. The Morgan fingerprint density at radius 3 is 2.34 bits per heavy atom. The van der Waals surface area contributed by atoms with Crippen LogP contribution in [-0.2, 0) is 30.5 Å². The van der Waals surface area contributed by atoms with Gasteiger partial charge in [-0.25, -0.2) is 4.98 Å². The second-order valence-electron chi connectivity index (χ2n) is 9.49. The van der Waals surface area contributed by atoms with Crippen LogP contribution in [0.2, 0.25) is 0 Å². The Bertz CT molecular complexity index is 1620. The SMILES string of the molecule is Cc1oc(-c2ccccc2)nc1COc1ccc(Cn2cc(CCC(=O)O)c(-c3ccc(C(F)(F)F)cc3)n2)cc1. The summed E-state index contributed by atoms with van der Waals surface area (Å²) in [6.07, 6.45) is -2.63. The van der Waals surface area contributed by atoms with Crippen LogP contribution < -0.4 is 4.74 Å². The smallest absolute Gasteiger partial charge is 0.416 e. The highest BCUT2D eigenvalue weighted by Gasteiger charge is 2.30. The molecular weight excluding hydrogens is 535 g/mol. The number of aryl methyl sites for hydroxylation is 2. The van der Waals surface area contributed by atoms with Crippen molar-refractivity contribution < 1.29 is 32.2 Å². The van der Waals surface area contributed by atoms with Crippen LogP contribution in [0.1, 0.15) is 34.6 Å². The molecule has 0 spiro atoms. The third-order valence-corrected chi connectivity index (χ3v) is 6.49. The van der Waals surface area contributed by atoms with Gasteiger partial charge < -0.3 is 14.3 Å². The van der Waals surface area contributed by atoms with E-state index >= 15 is 0 Å². The molecular formula is C31H26F3N3O4. The number of aromatic nitrogens is 3. The third-order valence-electron chi connectivity index (χ3n) is 6.49. The number of carboxylic acids is 1. The first-order valence-corrected chi connectivity index (χ1v) is 12.8. The fourth-order valence-corrected chi connectivity index (χ4v) is 4.32. The first kappa shape index (κ1) is 27.7. The van der Waals surface area contributed by atoms with Gasteiger partial charge in [-0.1, -0.05) is 42.5 Å². The summed E-state index contributed by atoms with van der Waals surface area (Å²) in [6, 6.07) is 21.7. The zero-order valence-electron chi connectivity index (χ0n) is 22.1. The van der Waals surface area contributed by atoms with Gasteiger partial charge >= 0.3 is 12.1 Å². The minimum Gasteiger partial charge on any atom is -0.487 e. The van der Waals surface area contributed by atoms with Gasteiger partial charge in [-0.3, -0.25) is 9.48 Å². The molecule has 2 heterocycles. The van der Waals surface area contributed by atoms with Crippen LogP contribution in [0.15, 0.2) is 89.5 Å². The lowest BCUT2D eigenvalue weighted by Crippen LogP contribution is -2.04. The van der Waals surface area contributed by atoms with Crippen molar-refractivity contribution in [2.24, 2.45) is 0 Å². The third kappa shape index (κ3) is 6.84. The topological polar surface area (TPSA) is 90.4 Å². The lowest BCUT2D eigenvalue weighted by atomic mass is 10.0. The summed E-state index contributed by atoms with van der Waals surface area (Å²) in [6.45, 7) is 2.46. The highest BCUT2D eigenvalue weighted by molar-refractivity contribution is 5.69. The Labute approximate surface area is 233 Å². The van der Waals surface area contributed by atoms with Crippen molar-refractivity contribution in [3.05, 3.63) is 113 Å². The molecule has 0 fully saturated rings. The van der Waals surface area contributed by atoms with Crippen molar-refractivity contribution in [3.8, 4) is 28.5 Å². The molecule has 41 heavy (non-hydrogen) atoms. The summed E-state index contributed by atoms with van der Waals surface area (Å²) in [4.78, 5) is 15.7. The molecule has 0 bridgehead atoms. The van der Waals surface area contributed by atoms with Crippen LogP contribution in [0, 0.1) is 6.92 Å². The molecule has 1 N–H and O–H groups in total. The number of hydrogen-bond donors (Lipinski definition) is 1. The largest absolute Gasteiger partial charge is 0.487 e. The molecule has 5 rings (SSSR count). The van der Waals surface area contributed by atoms with Crippen molar-refractivity contribution in [1.29, 1.82) is 0 Å². The van der Waals surface area contributed by atoms with E-state index in [9.17, 15) is 18.0 Å². The number of ether oxygens (including phenoxy) is 1. The van der Waals surface area contributed by atoms with Gasteiger partial charge in [0.2, 0.25) is 5.89 Å². The van der Waals surface area contributed by atoms with E-state index < -0.39 is 17.7 Å². The van der Waals surface area contributed by atoms with Gasteiger partial charge in [-0.05, 0) is 60.9 Å². The minimum atomic E-state index is -4.45. The lowest BCUT2D eigenvalue weighted by molar-refractivity contribution is -0.138. The first-order valence-electron chi connectivity index (χ1n) is 12.8. The number of hydrogen-bond acceptors (Lipinski definition) is 5. The van der Waals surface area contributed by atoms with Crippen LogP contribution in [0.4, 0.5) is 13.2 Å². The van der Waals surface area contributed by atoms with Crippen molar-refractivity contribution in [3.63, 3.8) is 0 Å². The fourth-order valence-electron chi connectivity index (χ4n) is 4.32. The molecule has 0 aliphatic heterocycles. The number of alkyl halides is 3. The zero-order valence-corrected chi connectivity index (χ0v) is 22.1. The van der Waals surface area contributed by atoms with Crippen molar-refractivity contribution in [1.82, 2.24) is 14.8 Å². The van der Waals surface area contributed by atoms with Crippen LogP contribution in [0.25, 0.3) is 22.7 Å². The predicted molar refractivity (Wildman–Crippen MR) is 145 cm³/mol. The van der Waals surface area contributed by atoms with Crippen LogP contribution in [0.3, 0.4) is 0 Å². The minimum absolute atomic E-state index is 0.122. The van der Waals surface area contributed by atoms with Crippen LogP contribution in [0.5, 0.6) is 5.75 Å². The number of carboxylic acid groups (broad SMARTS) is 1. The lowest BCUT2D eigenvalue weighted by Gasteiger charge is -2.08. The molecule has 0 amide bonds. The highest BCUT2D eigenvalue weighted by atomic mass is 19.4. The quantitative estimate of drug-likeness (QED) is 0.194. The normalized spacial score (nSPS) is 11.5. The predicted octanol–water partition coefficient (Wildman–Crippen LogP) is 7.18. The Morgan fingerprint density at radius 1 is 0.976 bits per heavy atom. The first-order chi connectivity index (χ1) is 19.7. The molecule has 0 saturated heterocycles. The molecule has 0 atom stereocenters. The Balaban J connectivity index is 1.27. The number of halogens is 3. The molecule has 0 aliphatic carbocycles. The van der Waals surface area contributed by atoms with Gasteiger partial charge in [-0.2, -0.15) is 18.3 Å². The average molecular weight is 562 g/mol. The van der Waals surface area contributed by atoms with Crippen molar-refractivity contribution in [2.75, 3.05) is 0 Å². The summed E-state index contributed by atoms with van der Waals surface area (Å²) < 4.78 is 52.4. The number of benzene rings is 3. The van der Waals surface area contributed by atoms with E-state index in [2.05, 4.69) is 10.1 Å². The Morgan fingerprint density at radius 2 is 1.68 bits per heavy atom. The molecule has 10 heteroatoms. The average Bonchev–Trinajstić information content (AvgIpc) is 3.54. The highest BCUT2D eigenvalue weighted by Crippen LogP contribution is 2.32. The van der Waals surface area contributed by atoms with Gasteiger partial charge in [0.1, 0.15) is 23.8 Å². The second kappa shape index (κ2) is 11.7. The number of oxazole rings is 1. The van der Waals surface area contributed by atoms with Gasteiger partial charge in [-0.15, -0.1) is 0 Å². The number of carbonyl (C=O) groups is 1. The van der Waals surface area contributed by atoms with Gasteiger partial charge in [0.25, 0.3) is 0 Å². The Kier molecular flexibility index (Phi) is 7.91. The summed E-state index contributed by atoms with van der Waals surface area (Å²) in [5.74, 6) is 0.894. The second-order valence-corrected chi connectivity index (χ2v) is 9.49. The summed E-state index contributed by atoms with van der Waals surface area (Å²) in [7, 11) is 0. The maximum atomic E-state index is 13.0. The Hall–Kier alpha value is -4.86. The van der Waals surface area contributed by atoms with E-state index in [1.165, 1.54) is 12.1 Å². The summed E-state index contributed by atoms with van der Waals surface area (Å²) in [5.41, 5.74) is 3.33. The molecule has 210 valence electrons. The molecule has 0 unspecified atom stereocenters. The monoisotopic (exact) mass is 561 g/mol. The van der Waals surface area contributed by atoms with Gasteiger partial charge in [0, 0.05) is 23.7 Å². The molecule has 7 nitrogen and oxygen atoms in total. The maximum Gasteiger partial charge on any atom is 0.416 e. The summed E-state index contributed by atoms with van der Waals surface area (Å²) >= 11 is 0. The van der Waals surface area contributed by atoms with Crippen molar-refractivity contribution in [2.45, 2.75) is 39.1 Å². The molecule has 0 radical (unpaired) electrons. The number of rotatable bonds is 10. The molecule has 5 aromatic rings. The van der Waals surface area contributed by atoms with Crippen molar-refractivity contribution >= 4 is 5.97 Å². The maximum absolute atomic E-state index is 13.0. The van der Waals surface area contributed by atoms with E-state index in [0.717, 1.165) is 23.3 Å². The van der Waals surface area contributed by atoms with E-state index in [1.807, 2.05) is 61.5 Å². The molecule has 3 aromatic carbocycles. The number of nitrogens with zero attached hydrogens (tertiary/aromatic N) is 3. The van der Waals surface area contributed by atoms with Gasteiger partial charge in [0.15, 0.2) is 0 Å². The molecule has 0 aliphatic rings. The zero-order chi connectivity index (χ0) is 29.0. The van der Waals surface area contributed by atoms with E-state index in [-0.39, 0.29) is 19.4 Å². The molecule has 2 aromatic heterocycles. The standard InChI is InChI=1S/C31H26F3N3O4/c1-20-27(35-30(41-20)23-5-3-2-4-6-23)19-40-26-14-7-21(8-15-26)17-37-18-24(11-16-28(38)39)29(36-37)22-9-12-25(13-10-22)31(32,33)34/h2-10,12-15,18H,11,16-17,19H2,1H3,(H,38,39). The van der Waals surface area contributed by atoms with E-state index in [1.54, 1.807) is 10.9 Å². The van der Waals surface area contributed by atoms with E-state index in [0.29, 0.717) is 46.5 Å². The summed E-state index contributed by atoms with van der Waals surface area (Å²) in [5, 5.41) is 13.7. The van der Waals surface area contributed by atoms with E-state index in [4.69, 9.17) is 14.3 Å². The number of aliphatic carboxylic acids is 1. The van der Waals surface area contributed by atoms with Crippen LogP contribution >= 0.6 is 0 Å². The van der Waals surface area contributed by atoms with Gasteiger partial charge in [0.05, 0.1) is 17.8 Å². The van der Waals surface area contributed by atoms with Crippen LogP contribution in [-0.4, -0.2) is 25.8 Å².